The number of rotatable bonds is 7. The first kappa shape index (κ1) is 23.0. The molecule has 32 heavy (non-hydrogen) atoms. The van der Waals surface area contributed by atoms with Gasteiger partial charge in [-0.15, -0.1) is 0 Å². The molecule has 0 unspecified atom stereocenters. The van der Waals surface area contributed by atoms with Gasteiger partial charge in [0.25, 0.3) is 0 Å². The molecule has 11 heteroatoms. The zero-order valence-electron chi connectivity index (χ0n) is 17.7. The number of benzene rings is 2. The summed E-state index contributed by atoms with van der Waals surface area (Å²) in [6, 6.07) is 7.36. The Morgan fingerprint density at radius 2 is 1.62 bits per heavy atom. The Labute approximate surface area is 182 Å². The van der Waals surface area contributed by atoms with Crippen molar-refractivity contribution in [1.29, 1.82) is 0 Å². The molecule has 3 amide bonds. The van der Waals surface area contributed by atoms with Gasteiger partial charge in [-0.2, -0.15) is 13.2 Å². The Morgan fingerprint density at radius 1 is 0.969 bits per heavy atom. The van der Waals surface area contributed by atoms with Gasteiger partial charge in [-0.1, -0.05) is 0 Å². The van der Waals surface area contributed by atoms with E-state index in [1.165, 1.54) is 31.1 Å². The van der Waals surface area contributed by atoms with Gasteiger partial charge in [-0.05, 0) is 30.3 Å². The number of ether oxygens (including phenoxy) is 3. The van der Waals surface area contributed by atoms with Crippen LogP contribution in [0.1, 0.15) is 5.56 Å². The molecule has 0 atom stereocenters. The quantitative estimate of drug-likeness (QED) is 0.693. The summed E-state index contributed by atoms with van der Waals surface area (Å²) in [7, 11) is 4.26. The number of urea groups is 1. The van der Waals surface area contributed by atoms with E-state index in [0.717, 1.165) is 18.2 Å². The molecule has 8 nitrogen and oxygen atoms in total. The highest BCUT2D eigenvalue weighted by Crippen LogP contribution is 2.35. The van der Waals surface area contributed by atoms with E-state index < -0.39 is 23.7 Å². The number of alkyl halides is 3. The minimum absolute atomic E-state index is 0.0750. The van der Waals surface area contributed by atoms with Crippen molar-refractivity contribution >= 4 is 23.3 Å². The lowest BCUT2D eigenvalue weighted by Crippen LogP contribution is -2.37. The molecular weight excluding hydrogens is 431 g/mol. The number of carbonyl (C=O) groups excluding carboxylic acids is 2. The van der Waals surface area contributed by atoms with E-state index in [2.05, 4.69) is 5.32 Å². The fourth-order valence-corrected chi connectivity index (χ4v) is 3.31. The van der Waals surface area contributed by atoms with E-state index in [1.54, 1.807) is 18.2 Å². The van der Waals surface area contributed by atoms with E-state index in [4.69, 9.17) is 14.2 Å². The largest absolute Gasteiger partial charge is 0.495 e. The van der Waals surface area contributed by atoms with Crippen LogP contribution in [0.4, 0.5) is 29.3 Å². The molecule has 1 aliphatic rings. The average Bonchev–Trinajstić information content (AvgIpc) is 3.12. The number of amides is 3. The maximum absolute atomic E-state index is 13.0. The van der Waals surface area contributed by atoms with Crippen LogP contribution >= 0.6 is 0 Å². The van der Waals surface area contributed by atoms with Crippen molar-refractivity contribution in [3.63, 3.8) is 0 Å². The van der Waals surface area contributed by atoms with E-state index in [9.17, 15) is 22.8 Å². The van der Waals surface area contributed by atoms with Crippen LogP contribution < -0.4 is 24.4 Å². The minimum Gasteiger partial charge on any atom is -0.495 e. The molecule has 2 aromatic rings. The summed E-state index contributed by atoms with van der Waals surface area (Å²) in [6.07, 6.45) is -4.57. The van der Waals surface area contributed by atoms with Crippen molar-refractivity contribution < 1.29 is 37.0 Å². The normalized spacial score (nSPS) is 13.9. The van der Waals surface area contributed by atoms with Gasteiger partial charge in [0.2, 0.25) is 5.91 Å². The zero-order chi connectivity index (χ0) is 23.5. The smallest absolute Gasteiger partial charge is 0.416 e. The van der Waals surface area contributed by atoms with Crippen LogP contribution in [0.3, 0.4) is 0 Å². The minimum atomic E-state index is -4.57. The number of hydrogen-bond acceptors (Lipinski definition) is 5. The van der Waals surface area contributed by atoms with Gasteiger partial charge in [0.15, 0.2) is 11.5 Å². The summed E-state index contributed by atoms with van der Waals surface area (Å²) in [5, 5.41) is 2.40. The molecule has 0 aliphatic carbocycles. The number of nitrogens with zero attached hydrogens (tertiary/aromatic N) is 2. The number of anilines is 2. The van der Waals surface area contributed by atoms with Crippen LogP contribution in [-0.2, 0) is 11.0 Å². The third-order valence-electron chi connectivity index (χ3n) is 4.91. The fourth-order valence-electron chi connectivity index (χ4n) is 3.31. The lowest BCUT2D eigenvalue weighted by atomic mass is 10.1. The van der Waals surface area contributed by atoms with Crippen LogP contribution in [0.5, 0.6) is 17.2 Å². The maximum Gasteiger partial charge on any atom is 0.416 e. The first-order chi connectivity index (χ1) is 15.2. The van der Waals surface area contributed by atoms with Crippen molar-refractivity contribution in [2.45, 2.75) is 6.18 Å². The van der Waals surface area contributed by atoms with Gasteiger partial charge < -0.3 is 24.4 Å². The number of hydrogen-bond donors (Lipinski definition) is 1. The first-order valence-corrected chi connectivity index (χ1v) is 9.51. The second-order valence-electron chi connectivity index (χ2n) is 6.86. The molecule has 172 valence electrons. The van der Waals surface area contributed by atoms with E-state index in [-0.39, 0.29) is 24.5 Å². The monoisotopic (exact) mass is 453 g/mol. The Balaban J connectivity index is 1.70. The molecular formula is C21H22F3N3O5. The van der Waals surface area contributed by atoms with Gasteiger partial charge >= 0.3 is 12.2 Å². The average molecular weight is 453 g/mol. The molecule has 0 spiro atoms. The molecule has 0 bridgehead atoms. The Bertz CT molecular complexity index is 1010. The van der Waals surface area contributed by atoms with Gasteiger partial charge in [-0.3, -0.25) is 9.69 Å². The highest BCUT2D eigenvalue weighted by molar-refractivity contribution is 6.00. The third kappa shape index (κ3) is 4.82. The molecule has 0 aromatic heterocycles. The molecule has 2 aromatic carbocycles. The van der Waals surface area contributed by atoms with E-state index >= 15 is 0 Å². The molecule has 3 rings (SSSR count). The Morgan fingerprint density at radius 3 is 2.25 bits per heavy atom. The SMILES string of the molecule is COc1ccc(C(F)(F)F)cc1NC(=O)CN1CCN(c2ccc(OC)c(OC)c2)C1=O. The van der Waals surface area contributed by atoms with Crippen molar-refractivity contribution in [1.82, 2.24) is 4.90 Å². The second-order valence-corrected chi connectivity index (χ2v) is 6.86. The number of carbonyl (C=O) groups is 2. The highest BCUT2D eigenvalue weighted by atomic mass is 19.4. The lowest BCUT2D eigenvalue weighted by molar-refractivity contribution is -0.137. The van der Waals surface area contributed by atoms with Crippen LogP contribution in [0.2, 0.25) is 0 Å². The molecule has 1 fully saturated rings. The molecule has 0 saturated carbocycles. The summed E-state index contributed by atoms with van der Waals surface area (Å²) < 4.78 is 54.5. The van der Waals surface area contributed by atoms with Crippen LogP contribution in [0, 0.1) is 0 Å². The molecule has 1 N–H and O–H groups in total. The third-order valence-corrected chi connectivity index (χ3v) is 4.91. The predicted octanol–water partition coefficient (Wildman–Crippen LogP) is 3.61. The number of halogens is 3. The maximum atomic E-state index is 13.0. The lowest BCUT2D eigenvalue weighted by Gasteiger charge is -2.20. The van der Waals surface area contributed by atoms with E-state index in [1.807, 2.05) is 0 Å². The van der Waals surface area contributed by atoms with Gasteiger partial charge in [0.1, 0.15) is 12.3 Å². The number of nitrogens with one attached hydrogen (secondary N) is 1. The predicted molar refractivity (Wildman–Crippen MR) is 110 cm³/mol. The van der Waals surface area contributed by atoms with Crippen molar-refractivity contribution in [2.24, 2.45) is 0 Å². The summed E-state index contributed by atoms with van der Waals surface area (Å²) >= 11 is 0. The van der Waals surface area contributed by atoms with Gasteiger partial charge in [0.05, 0.1) is 32.6 Å². The van der Waals surface area contributed by atoms with Crippen LogP contribution in [0.15, 0.2) is 36.4 Å². The second kappa shape index (κ2) is 9.25. The molecule has 1 aliphatic heterocycles. The van der Waals surface area contributed by atoms with Crippen molar-refractivity contribution in [3.8, 4) is 17.2 Å². The Kier molecular flexibility index (Phi) is 6.66. The standard InChI is InChI=1S/C21H22F3N3O5/c1-30-16-6-4-13(21(22,23)24)10-15(16)25-19(28)12-26-8-9-27(20(26)29)14-5-7-17(31-2)18(11-14)32-3/h4-7,10-11H,8-9,12H2,1-3H3,(H,25,28). The summed E-state index contributed by atoms with van der Waals surface area (Å²) in [5.41, 5.74) is -0.490. The Hall–Kier alpha value is -3.63. The van der Waals surface area contributed by atoms with Crippen molar-refractivity contribution in [3.05, 3.63) is 42.0 Å². The highest BCUT2D eigenvalue weighted by Gasteiger charge is 2.33. The molecule has 0 radical (unpaired) electrons. The van der Waals surface area contributed by atoms with Crippen LogP contribution in [-0.4, -0.2) is 57.8 Å². The van der Waals surface area contributed by atoms with E-state index in [0.29, 0.717) is 23.7 Å². The molecule has 1 heterocycles. The van der Waals surface area contributed by atoms with Crippen molar-refractivity contribution in [2.75, 3.05) is 51.2 Å². The first-order valence-electron chi connectivity index (χ1n) is 9.51. The topological polar surface area (TPSA) is 80.3 Å². The summed E-state index contributed by atoms with van der Waals surface area (Å²) in [5.74, 6) is 0.385. The van der Waals surface area contributed by atoms with Crippen LogP contribution in [0.25, 0.3) is 0 Å². The number of methoxy groups -OCH3 is 3. The zero-order valence-corrected chi connectivity index (χ0v) is 17.7. The molecule has 1 saturated heterocycles. The summed E-state index contributed by atoms with van der Waals surface area (Å²) in [4.78, 5) is 28.0. The van der Waals surface area contributed by atoms with Gasteiger partial charge in [-0.25, -0.2) is 4.79 Å². The fraction of sp³-hybridized carbons (Fsp3) is 0.333. The van der Waals surface area contributed by atoms with Gasteiger partial charge in [0, 0.05) is 24.8 Å². The summed E-state index contributed by atoms with van der Waals surface area (Å²) in [6.45, 7) is 0.261.